The number of ether oxygens (including phenoxy) is 1. The van der Waals surface area contributed by atoms with Gasteiger partial charge in [-0.3, -0.25) is 9.69 Å². The highest BCUT2D eigenvalue weighted by atomic mass is 16.5. The Balaban J connectivity index is 1.68. The normalized spacial score (nSPS) is 16.3. The summed E-state index contributed by atoms with van der Waals surface area (Å²) in [5.74, 6) is -0.0264. The van der Waals surface area contributed by atoms with Gasteiger partial charge in [-0.05, 0) is 30.7 Å². The lowest BCUT2D eigenvalue weighted by Gasteiger charge is -2.26. The Hall–Kier alpha value is -2.12. The summed E-state index contributed by atoms with van der Waals surface area (Å²) in [4.78, 5) is 17.8. The van der Waals surface area contributed by atoms with E-state index in [2.05, 4.69) is 15.2 Å². The van der Waals surface area contributed by atoms with Crippen LogP contribution in [0.5, 0.6) is 0 Å². The summed E-state index contributed by atoms with van der Waals surface area (Å²) in [6.07, 6.45) is 1.01. The number of rotatable bonds is 7. The molecule has 0 bridgehead atoms. The number of morpholine rings is 1. The number of amides is 1. The van der Waals surface area contributed by atoms with Gasteiger partial charge in [0, 0.05) is 25.2 Å². The third-order valence-electron chi connectivity index (χ3n) is 3.70. The van der Waals surface area contributed by atoms with Gasteiger partial charge in [-0.2, -0.15) is 0 Å². The van der Waals surface area contributed by atoms with E-state index in [9.17, 15) is 4.79 Å². The molecule has 0 aliphatic carbocycles. The Bertz CT molecular complexity index is 541. The molecule has 23 heavy (non-hydrogen) atoms. The van der Waals surface area contributed by atoms with Crippen LogP contribution in [0.2, 0.25) is 0 Å². The molecule has 1 aliphatic heterocycles. The second-order valence-electron chi connectivity index (χ2n) is 5.50. The number of carbonyl (C=O) groups excluding carboxylic acids is 1. The SMILES string of the molecule is NC(=O)c1cccc(CN=C(N)NCCCN2CCOCC2)c1. The molecule has 0 radical (unpaired) electrons. The molecule has 0 atom stereocenters. The van der Waals surface area contributed by atoms with Crippen LogP contribution in [0, 0.1) is 0 Å². The fourth-order valence-corrected chi connectivity index (χ4v) is 2.40. The molecule has 1 heterocycles. The summed E-state index contributed by atoms with van der Waals surface area (Å²) in [5, 5.41) is 3.11. The van der Waals surface area contributed by atoms with Gasteiger partial charge >= 0.3 is 0 Å². The molecule has 2 rings (SSSR count). The third-order valence-corrected chi connectivity index (χ3v) is 3.70. The van der Waals surface area contributed by atoms with Gasteiger partial charge in [0.05, 0.1) is 19.8 Å². The van der Waals surface area contributed by atoms with Crippen LogP contribution in [0.25, 0.3) is 0 Å². The molecule has 7 nitrogen and oxygen atoms in total. The van der Waals surface area contributed by atoms with Crippen molar-refractivity contribution in [2.24, 2.45) is 16.5 Å². The van der Waals surface area contributed by atoms with E-state index < -0.39 is 5.91 Å². The summed E-state index contributed by atoms with van der Waals surface area (Å²) in [7, 11) is 0. The highest BCUT2D eigenvalue weighted by molar-refractivity contribution is 5.92. The number of nitrogens with zero attached hydrogens (tertiary/aromatic N) is 2. The fraction of sp³-hybridized carbons (Fsp3) is 0.500. The number of nitrogens with two attached hydrogens (primary N) is 2. The molecule has 0 aromatic heterocycles. The summed E-state index contributed by atoms with van der Waals surface area (Å²) in [6.45, 7) is 5.88. The second-order valence-corrected chi connectivity index (χ2v) is 5.50. The Morgan fingerprint density at radius 1 is 1.30 bits per heavy atom. The molecular weight excluding hydrogens is 294 g/mol. The maximum atomic E-state index is 11.1. The molecule has 0 saturated carbocycles. The van der Waals surface area contributed by atoms with Crippen LogP contribution in [0.15, 0.2) is 29.3 Å². The van der Waals surface area contributed by atoms with E-state index >= 15 is 0 Å². The van der Waals surface area contributed by atoms with E-state index in [1.54, 1.807) is 18.2 Å². The first-order valence-corrected chi connectivity index (χ1v) is 7.88. The first-order valence-electron chi connectivity index (χ1n) is 7.88. The molecule has 1 amide bonds. The number of hydrogen-bond acceptors (Lipinski definition) is 4. The van der Waals surface area contributed by atoms with Crippen LogP contribution in [0.4, 0.5) is 0 Å². The summed E-state index contributed by atoms with van der Waals surface area (Å²) >= 11 is 0. The van der Waals surface area contributed by atoms with Gasteiger partial charge in [-0.25, -0.2) is 4.99 Å². The van der Waals surface area contributed by atoms with E-state index in [0.29, 0.717) is 18.1 Å². The zero-order valence-electron chi connectivity index (χ0n) is 13.3. The lowest BCUT2D eigenvalue weighted by Crippen LogP contribution is -2.39. The van der Waals surface area contributed by atoms with Crippen molar-refractivity contribution in [3.05, 3.63) is 35.4 Å². The predicted octanol–water partition coefficient (Wildman–Crippen LogP) is -0.0879. The zero-order valence-corrected chi connectivity index (χ0v) is 13.3. The molecule has 1 aromatic rings. The molecule has 5 N–H and O–H groups in total. The minimum absolute atomic E-state index is 0.413. The molecule has 1 aliphatic rings. The highest BCUT2D eigenvalue weighted by Crippen LogP contribution is 2.05. The number of benzene rings is 1. The fourth-order valence-electron chi connectivity index (χ4n) is 2.40. The van der Waals surface area contributed by atoms with E-state index in [1.165, 1.54) is 0 Å². The van der Waals surface area contributed by atoms with Crippen molar-refractivity contribution in [2.45, 2.75) is 13.0 Å². The van der Waals surface area contributed by atoms with E-state index in [-0.39, 0.29) is 0 Å². The predicted molar refractivity (Wildman–Crippen MR) is 90.2 cm³/mol. The number of guanidine groups is 1. The van der Waals surface area contributed by atoms with Crippen molar-refractivity contribution in [3.8, 4) is 0 Å². The van der Waals surface area contributed by atoms with Crippen molar-refractivity contribution < 1.29 is 9.53 Å². The average Bonchev–Trinajstić information content (AvgIpc) is 2.58. The van der Waals surface area contributed by atoms with E-state index in [4.69, 9.17) is 16.2 Å². The second kappa shape index (κ2) is 9.12. The maximum Gasteiger partial charge on any atom is 0.248 e. The lowest BCUT2D eigenvalue weighted by atomic mass is 10.1. The number of nitrogens with one attached hydrogen (secondary N) is 1. The number of aliphatic imine (C=N–C) groups is 1. The molecule has 7 heteroatoms. The molecule has 1 saturated heterocycles. The van der Waals surface area contributed by atoms with Crippen LogP contribution in [0.1, 0.15) is 22.3 Å². The Labute approximate surface area is 136 Å². The van der Waals surface area contributed by atoms with Gasteiger partial charge in [-0.1, -0.05) is 12.1 Å². The van der Waals surface area contributed by atoms with E-state index in [1.807, 2.05) is 6.07 Å². The molecular formula is C16H25N5O2. The van der Waals surface area contributed by atoms with Crippen molar-refractivity contribution >= 4 is 11.9 Å². The monoisotopic (exact) mass is 319 g/mol. The van der Waals surface area contributed by atoms with Crippen LogP contribution >= 0.6 is 0 Å². The van der Waals surface area contributed by atoms with Crippen LogP contribution in [0.3, 0.4) is 0 Å². The van der Waals surface area contributed by atoms with Gasteiger partial charge < -0.3 is 21.5 Å². The summed E-state index contributed by atoms with van der Waals surface area (Å²) in [6, 6.07) is 7.10. The minimum atomic E-state index is -0.440. The lowest BCUT2D eigenvalue weighted by molar-refractivity contribution is 0.0376. The van der Waals surface area contributed by atoms with Crippen molar-refractivity contribution in [2.75, 3.05) is 39.4 Å². The molecule has 126 valence electrons. The first kappa shape index (κ1) is 17.2. The third kappa shape index (κ3) is 6.25. The Morgan fingerprint density at radius 2 is 2.09 bits per heavy atom. The maximum absolute atomic E-state index is 11.1. The Morgan fingerprint density at radius 3 is 2.83 bits per heavy atom. The van der Waals surface area contributed by atoms with Crippen molar-refractivity contribution in [1.82, 2.24) is 10.2 Å². The number of carbonyl (C=O) groups is 1. The van der Waals surface area contributed by atoms with Gasteiger partial charge in [0.2, 0.25) is 5.91 Å². The van der Waals surface area contributed by atoms with Crippen molar-refractivity contribution in [1.29, 1.82) is 0 Å². The van der Waals surface area contributed by atoms with E-state index in [0.717, 1.165) is 51.4 Å². The standard InChI is InChI=1S/C16H25N5O2/c17-15(22)14-4-1-3-13(11-14)12-20-16(18)19-5-2-6-21-7-9-23-10-8-21/h1,3-4,11H,2,5-10,12H2,(H2,17,22)(H3,18,19,20). The summed E-state index contributed by atoms with van der Waals surface area (Å²) in [5.41, 5.74) is 12.5. The molecule has 0 spiro atoms. The highest BCUT2D eigenvalue weighted by Gasteiger charge is 2.09. The zero-order chi connectivity index (χ0) is 16.5. The van der Waals surface area contributed by atoms with Crippen molar-refractivity contribution in [3.63, 3.8) is 0 Å². The largest absolute Gasteiger partial charge is 0.379 e. The van der Waals surface area contributed by atoms with Gasteiger partial charge in [0.25, 0.3) is 0 Å². The topological polar surface area (TPSA) is 106 Å². The van der Waals surface area contributed by atoms with Gasteiger partial charge in [0.15, 0.2) is 5.96 Å². The quantitative estimate of drug-likeness (QED) is 0.370. The average molecular weight is 319 g/mol. The number of hydrogen-bond donors (Lipinski definition) is 3. The summed E-state index contributed by atoms with van der Waals surface area (Å²) < 4.78 is 5.32. The molecule has 0 unspecified atom stereocenters. The van der Waals surface area contributed by atoms with Gasteiger partial charge in [-0.15, -0.1) is 0 Å². The van der Waals surface area contributed by atoms with Crippen LogP contribution in [-0.2, 0) is 11.3 Å². The van der Waals surface area contributed by atoms with Crippen LogP contribution in [-0.4, -0.2) is 56.2 Å². The molecule has 1 aromatic carbocycles. The molecule has 1 fully saturated rings. The van der Waals surface area contributed by atoms with Crippen LogP contribution < -0.4 is 16.8 Å². The van der Waals surface area contributed by atoms with Gasteiger partial charge in [0.1, 0.15) is 0 Å². The smallest absolute Gasteiger partial charge is 0.248 e. The first-order chi connectivity index (χ1) is 11.1. The number of primary amides is 1. The minimum Gasteiger partial charge on any atom is -0.379 e. The Kier molecular flexibility index (Phi) is 6.83.